The van der Waals surface area contributed by atoms with Crippen LogP contribution in [0.25, 0.3) is 0 Å². The van der Waals surface area contributed by atoms with Crippen molar-refractivity contribution in [1.29, 1.82) is 0 Å². The highest BCUT2D eigenvalue weighted by Crippen LogP contribution is 2.27. The summed E-state index contributed by atoms with van der Waals surface area (Å²) in [5.41, 5.74) is 2.00. The Morgan fingerprint density at radius 3 is 2.56 bits per heavy atom. The molecule has 1 aliphatic rings. The number of rotatable bonds is 6. The molecule has 1 aliphatic heterocycles. The lowest BCUT2D eigenvalue weighted by molar-refractivity contribution is -0.118. The second-order valence-electron chi connectivity index (χ2n) is 7.07. The zero-order valence-electron chi connectivity index (χ0n) is 15.4. The maximum Gasteiger partial charge on any atom is 0.262 e. The van der Waals surface area contributed by atoms with Crippen LogP contribution in [0.5, 0.6) is 5.75 Å². The molecule has 0 unspecified atom stereocenters. The van der Waals surface area contributed by atoms with E-state index in [0.29, 0.717) is 15.8 Å². The van der Waals surface area contributed by atoms with Gasteiger partial charge in [0.05, 0.1) is 5.02 Å². The fraction of sp³-hybridized carbons (Fsp3) is 0.381. The molecule has 0 spiro atoms. The third kappa shape index (κ3) is 6.13. The summed E-state index contributed by atoms with van der Waals surface area (Å²) in [5, 5.41) is 3.76. The largest absolute Gasteiger partial charge is 0.482 e. The number of halogens is 2. The van der Waals surface area contributed by atoms with Crippen LogP contribution in [0.2, 0.25) is 10.0 Å². The molecule has 1 amide bonds. The van der Waals surface area contributed by atoms with Gasteiger partial charge in [-0.2, -0.15) is 0 Å². The van der Waals surface area contributed by atoms with Gasteiger partial charge in [-0.15, -0.1) is 0 Å². The van der Waals surface area contributed by atoms with Gasteiger partial charge in [0.1, 0.15) is 5.75 Å². The molecule has 0 atom stereocenters. The molecule has 2 aromatic rings. The summed E-state index contributed by atoms with van der Waals surface area (Å²) in [6.45, 7) is 5.45. The Bertz CT molecular complexity index is 772. The molecule has 0 radical (unpaired) electrons. The Hall–Kier alpha value is -1.75. The minimum atomic E-state index is -0.246. The number of likely N-dealkylation sites (tertiary alicyclic amines) is 1. The van der Waals surface area contributed by atoms with E-state index >= 15 is 0 Å². The zero-order valence-corrected chi connectivity index (χ0v) is 16.9. The average molecular weight is 407 g/mol. The Labute approximate surface area is 170 Å². The summed E-state index contributed by atoms with van der Waals surface area (Å²) < 4.78 is 5.45. The van der Waals surface area contributed by atoms with E-state index in [-0.39, 0.29) is 12.5 Å². The summed E-state index contributed by atoms with van der Waals surface area (Å²) in [6, 6.07) is 12.9. The van der Waals surface area contributed by atoms with E-state index in [1.807, 2.05) is 12.1 Å². The average Bonchev–Trinajstić information content (AvgIpc) is 2.66. The topological polar surface area (TPSA) is 41.6 Å². The van der Waals surface area contributed by atoms with Gasteiger partial charge in [-0.25, -0.2) is 0 Å². The first-order valence-electron chi connectivity index (χ1n) is 9.18. The van der Waals surface area contributed by atoms with Crippen molar-refractivity contribution in [3.05, 3.63) is 58.1 Å². The summed E-state index contributed by atoms with van der Waals surface area (Å²) in [4.78, 5) is 14.6. The molecule has 0 aliphatic carbocycles. The first-order chi connectivity index (χ1) is 13.0. The lowest BCUT2D eigenvalue weighted by Gasteiger charge is -2.30. The second kappa shape index (κ2) is 9.45. The van der Waals surface area contributed by atoms with Crippen LogP contribution in [0.15, 0.2) is 42.5 Å². The molecule has 1 saturated heterocycles. The lowest BCUT2D eigenvalue weighted by atomic mass is 9.99. The Kier molecular flexibility index (Phi) is 7.00. The highest BCUT2D eigenvalue weighted by molar-refractivity contribution is 6.34. The van der Waals surface area contributed by atoms with E-state index in [9.17, 15) is 4.79 Å². The van der Waals surface area contributed by atoms with Gasteiger partial charge in [0.15, 0.2) is 6.61 Å². The van der Waals surface area contributed by atoms with Gasteiger partial charge in [0.25, 0.3) is 5.91 Å². The maximum absolute atomic E-state index is 12.1. The van der Waals surface area contributed by atoms with Crippen molar-refractivity contribution in [2.24, 2.45) is 5.92 Å². The summed E-state index contributed by atoms with van der Waals surface area (Å²) in [7, 11) is 0. The van der Waals surface area contributed by atoms with Crippen LogP contribution in [-0.2, 0) is 11.3 Å². The summed E-state index contributed by atoms with van der Waals surface area (Å²) in [6.07, 6.45) is 2.54. The number of carbonyl (C=O) groups excluding carboxylic acids is 1. The van der Waals surface area contributed by atoms with Gasteiger partial charge in [-0.1, -0.05) is 42.3 Å². The number of hydrogen-bond donors (Lipinski definition) is 1. The third-order valence-corrected chi connectivity index (χ3v) is 5.32. The summed E-state index contributed by atoms with van der Waals surface area (Å²) in [5.74, 6) is 0.983. The molecule has 0 bridgehead atoms. The van der Waals surface area contributed by atoms with Crippen molar-refractivity contribution < 1.29 is 9.53 Å². The van der Waals surface area contributed by atoms with Crippen LogP contribution in [0.3, 0.4) is 0 Å². The number of nitrogens with zero attached hydrogens (tertiary/aromatic N) is 1. The number of piperidine rings is 1. The first kappa shape index (κ1) is 20.0. The molecular formula is C21H24Cl2N2O2. The fourth-order valence-corrected chi connectivity index (χ4v) is 3.43. The molecule has 3 rings (SSSR count). The van der Waals surface area contributed by atoms with Gasteiger partial charge in [0.2, 0.25) is 0 Å². The monoisotopic (exact) mass is 406 g/mol. The van der Waals surface area contributed by atoms with E-state index < -0.39 is 0 Å². The van der Waals surface area contributed by atoms with Crippen molar-refractivity contribution in [2.45, 2.75) is 26.3 Å². The Morgan fingerprint density at radius 1 is 1.15 bits per heavy atom. The first-order valence-corrected chi connectivity index (χ1v) is 9.94. The van der Waals surface area contributed by atoms with E-state index in [4.69, 9.17) is 27.9 Å². The van der Waals surface area contributed by atoms with Gasteiger partial charge in [-0.05, 0) is 61.7 Å². The molecule has 1 N–H and O–H groups in total. The van der Waals surface area contributed by atoms with E-state index in [1.54, 1.807) is 18.2 Å². The van der Waals surface area contributed by atoms with Crippen LogP contribution in [0.4, 0.5) is 5.69 Å². The van der Waals surface area contributed by atoms with Gasteiger partial charge >= 0.3 is 0 Å². The number of hydrogen-bond acceptors (Lipinski definition) is 3. The third-order valence-electron chi connectivity index (χ3n) is 4.77. The minimum Gasteiger partial charge on any atom is -0.482 e. The number of benzene rings is 2. The highest BCUT2D eigenvalue weighted by atomic mass is 35.5. The van der Waals surface area contributed by atoms with E-state index in [2.05, 4.69) is 29.3 Å². The van der Waals surface area contributed by atoms with Crippen molar-refractivity contribution in [2.75, 3.05) is 25.0 Å². The molecule has 0 aromatic heterocycles. The SMILES string of the molecule is CC1CCN(Cc2ccc(NC(=O)COc3cc(Cl)ccc3Cl)cc2)CC1. The van der Waals surface area contributed by atoms with Crippen molar-refractivity contribution in [3.63, 3.8) is 0 Å². The molecule has 1 fully saturated rings. The quantitative estimate of drug-likeness (QED) is 0.712. The highest BCUT2D eigenvalue weighted by Gasteiger charge is 2.15. The smallest absolute Gasteiger partial charge is 0.262 e. The number of amides is 1. The van der Waals surface area contributed by atoms with Crippen LogP contribution in [0, 0.1) is 5.92 Å². The van der Waals surface area contributed by atoms with Crippen molar-refractivity contribution in [3.8, 4) is 5.75 Å². The fourth-order valence-electron chi connectivity index (χ4n) is 3.10. The lowest BCUT2D eigenvalue weighted by Crippen LogP contribution is -2.32. The normalized spacial score (nSPS) is 15.5. The molecule has 0 saturated carbocycles. The van der Waals surface area contributed by atoms with Crippen molar-refractivity contribution >= 4 is 34.8 Å². The molecule has 2 aromatic carbocycles. The standard InChI is InChI=1S/C21H24Cl2N2O2/c1-15-8-10-25(11-9-15)13-16-2-5-18(6-3-16)24-21(26)14-27-20-12-17(22)4-7-19(20)23/h2-7,12,15H,8-11,13-14H2,1H3,(H,24,26). The maximum atomic E-state index is 12.1. The Morgan fingerprint density at radius 2 is 1.85 bits per heavy atom. The number of carbonyl (C=O) groups is 1. The van der Waals surface area contributed by atoms with E-state index in [1.165, 1.54) is 18.4 Å². The molecule has 4 nitrogen and oxygen atoms in total. The number of anilines is 1. The van der Waals surface area contributed by atoms with Gasteiger partial charge < -0.3 is 10.1 Å². The van der Waals surface area contributed by atoms with Crippen molar-refractivity contribution in [1.82, 2.24) is 4.90 Å². The predicted molar refractivity (Wildman–Crippen MR) is 111 cm³/mol. The van der Waals surface area contributed by atoms with Crippen LogP contribution >= 0.6 is 23.2 Å². The summed E-state index contributed by atoms with van der Waals surface area (Å²) >= 11 is 11.9. The van der Waals surface area contributed by atoms with Crippen LogP contribution < -0.4 is 10.1 Å². The number of nitrogens with one attached hydrogen (secondary N) is 1. The van der Waals surface area contributed by atoms with Crippen LogP contribution in [0.1, 0.15) is 25.3 Å². The molecular weight excluding hydrogens is 383 g/mol. The van der Waals surface area contributed by atoms with Gasteiger partial charge in [0, 0.05) is 23.3 Å². The van der Waals surface area contributed by atoms with Crippen LogP contribution in [-0.4, -0.2) is 30.5 Å². The van der Waals surface area contributed by atoms with E-state index in [0.717, 1.165) is 31.2 Å². The zero-order chi connectivity index (χ0) is 19.2. The molecule has 27 heavy (non-hydrogen) atoms. The predicted octanol–water partition coefficient (Wildman–Crippen LogP) is 5.24. The molecule has 6 heteroatoms. The molecule has 144 valence electrons. The minimum absolute atomic E-state index is 0.131. The Balaban J connectivity index is 1.47. The van der Waals surface area contributed by atoms with Gasteiger partial charge in [-0.3, -0.25) is 9.69 Å². The molecule has 1 heterocycles. The number of ether oxygens (including phenoxy) is 1. The second-order valence-corrected chi connectivity index (χ2v) is 7.91.